The van der Waals surface area contributed by atoms with Gasteiger partial charge in [0.2, 0.25) is 0 Å². The lowest BCUT2D eigenvalue weighted by molar-refractivity contribution is -0.112. The summed E-state index contributed by atoms with van der Waals surface area (Å²) in [6, 6.07) is 12.5. The third kappa shape index (κ3) is 4.85. The van der Waals surface area contributed by atoms with Crippen molar-refractivity contribution in [2.75, 3.05) is 17.2 Å². The molecule has 2 rings (SSSR count). The van der Waals surface area contributed by atoms with Gasteiger partial charge in [0.1, 0.15) is 23.2 Å². The molecule has 1 amide bonds. The first-order valence-electron chi connectivity index (χ1n) is 7.46. The molecule has 2 aromatic rings. The smallest absolute Gasteiger partial charge is 0.267 e. The van der Waals surface area contributed by atoms with E-state index in [1.807, 2.05) is 32.0 Å². The second kappa shape index (κ2) is 8.34. The molecule has 0 aliphatic rings. The van der Waals surface area contributed by atoms with E-state index in [2.05, 4.69) is 15.6 Å². The highest BCUT2D eigenvalue weighted by Gasteiger charge is 2.09. The molecule has 0 saturated carbocycles. The molecule has 0 bridgehead atoms. The summed E-state index contributed by atoms with van der Waals surface area (Å²) >= 11 is 0. The Balaban J connectivity index is 2.03. The maximum absolute atomic E-state index is 12.1. The van der Waals surface area contributed by atoms with Gasteiger partial charge in [-0.25, -0.2) is 4.98 Å². The third-order valence-electron chi connectivity index (χ3n) is 3.07. The topological polar surface area (TPSA) is 87.0 Å². The Morgan fingerprint density at radius 3 is 2.71 bits per heavy atom. The molecule has 0 atom stereocenters. The number of carbonyl (C=O) groups excluding carboxylic acids is 1. The minimum absolute atomic E-state index is 0.0489. The van der Waals surface area contributed by atoms with Crippen LogP contribution in [0.2, 0.25) is 0 Å². The van der Waals surface area contributed by atoms with Crippen molar-refractivity contribution >= 4 is 17.4 Å². The number of carbonyl (C=O) groups is 1. The average molecular weight is 322 g/mol. The number of pyridine rings is 1. The number of hydrogen-bond acceptors (Lipinski definition) is 5. The first-order chi connectivity index (χ1) is 11.6. The van der Waals surface area contributed by atoms with Crippen LogP contribution in [-0.4, -0.2) is 17.5 Å². The number of benzene rings is 1. The summed E-state index contributed by atoms with van der Waals surface area (Å²) in [4.78, 5) is 16.3. The molecule has 1 heterocycles. The van der Waals surface area contributed by atoms with E-state index in [-0.39, 0.29) is 5.57 Å². The van der Waals surface area contributed by atoms with Gasteiger partial charge >= 0.3 is 0 Å². The van der Waals surface area contributed by atoms with E-state index in [1.165, 1.54) is 6.20 Å². The number of aromatic nitrogens is 1. The molecule has 0 saturated heterocycles. The summed E-state index contributed by atoms with van der Waals surface area (Å²) in [5.74, 6) is 0.789. The predicted octanol–water partition coefficient (Wildman–Crippen LogP) is 3.25. The zero-order chi connectivity index (χ0) is 17.4. The molecule has 2 N–H and O–H groups in total. The van der Waals surface area contributed by atoms with Crippen molar-refractivity contribution < 1.29 is 9.53 Å². The number of aryl methyl sites for hydroxylation is 1. The third-order valence-corrected chi connectivity index (χ3v) is 3.07. The maximum Gasteiger partial charge on any atom is 0.267 e. The van der Waals surface area contributed by atoms with Crippen LogP contribution >= 0.6 is 0 Å². The Morgan fingerprint density at radius 2 is 2.08 bits per heavy atom. The Kier molecular flexibility index (Phi) is 5.92. The fraction of sp³-hybridized carbons (Fsp3) is 0.167. The van der Waals surface area contributed by atoms with Crippen LogP contribution in [0.1, 0.15) is 12.5 Å². The molecule has 1 aromatic carbocycles. The SMILES string of the molecule is CCOc1ccc(NC(=O)/C(C#N)=C\Nc2cc(C)ccn2)cc1. The first-order valence-corrected chi connectivity index (χ1v) is 7.46. The zero-order valence-electron chi connectivity index (χ0n) is 13.5. The highest BCUT2D eigenvalue weighted by Crippen LogP contribution is 2.16. The fourth-order valence-corrected chi connectivity index (χ4v) is 1.91. The molecule has 0 spiro atoms. The van der Waals surface area contributed by atoms with Crippen LogP contribution < -0.4 is 15.4 Å². The molecule has 0 fully saturated rings. The van der Waals surface area contributed by atoms with Gasteiger partial charge in [-0.1, -0.05) is 0 Å². The highest BCUT2D eigenvalue weighted by molar-refractivity contribution is 6.06. The summed E-state index contributed by atoms with van der Waals surface area (Å²) < 4.78 is 5.34. The minimum atomic E-state index is -0.498. The second-order valence-corrected chi connectivity index (χ2v) is 4.94. The van der Waals surface area contributed by atoms with Crippen LogP contribution in [0.3, 0.4) is 0 Å². The molecule has 122 valence electrons. The van der Waals surface area contributed by atoms with Gasteiger partial charge in [0.15, 0.2) is 0 Å². The van der Waals surface area contributed by atoms with Crippen molar-refractivity contribution in [3.8, 4) is 11.8 Å². The van der Waals surface area contributed by atoms with Crippen LogP contribution in [0, 0.1) is 18.3 Å². The zero-order valence-corrected chi connectivity index (χ0v) is 13.5. The van der Waals surface area contributed by atoms with E-state index >= 15 is 0 Å². The number of nitriles is 1. The largest absolute Gasteiger partial charge is 0.494 e. The molecule has 6 nitrogen and oxygen atoms in total. The van der Waals surface area contributed by atoms with Gasteiger partial charge < -0.3 is 15.4 Å². The number of anilines is 2. The van der Waals surface area contributed by atoms with Crippen molar-refractivity contribution in [1.29, 1.82) is 5.26 Å². The normalized spacial score (nSPS) is 10.6. The van der Waals surface area contributed by atoms with Crippen LogP contribution in [0.15, 0.2) is 54.4 Å². The predicted molar refractivity (Wildman–Crippen MR) is 92.5 cm³/mol. The summed E-state index contributed by atoms with van der Waals surface area (Å²) in [6.07, 6.45) is 2.99. The van der Waals surface area contributed by atoms with Gasteiger partial charge in [-0.3, -0.25) is 4.79 Å². The highest BCUT2D eigenvalue weighted by atomic mass is 16.5. The minimum Gasteiger partial charge on any atom is -0.494 e. The van der Waals surface area contributed by atoms with Gasteiger partial charge in [-0.05, 0) is 55.8 Å². The number of amides is 1. The number of hydrogen-bond donors (Lipinski definition) is 2. The Labute approximate surface area is 140 Å². The molecule has 0 aliphatic heterocycles. The summed E-state index contributed by atoms with van der Waals surface area (Å²) in [7, 11) is 0. The van der Waals surface area contributed by atoms with Crippen LogP contribution in [0.5, 0.6) is 5.75 Å². The van der Waals surface area contributed by atoms with Gasteiger partial charge in [0.05, 0.1) is 6.61 Å². The monoisotopic (exact) mass is 322 g/mol. The Morgan fingerprint density at radius 1 is 1.33 bits per heavy atom. The molecule has 24 heavy (non-hydrogen) atoms. The number of ether oxygens (including phenoxy) is 1. The Bertz CT molecular complexity index is 776. The number of nitrogens with zero attached hydrogens (tertiary/aromatic N) is 2. The van der Waals surface area contributed by atoms with E-state index < -0.39 is 5.91 Å². The molecular weight excluding hydrogens is 304 g/mol. The van der Waals surface area contributed by atoms with Crippen LogP contribution in [0.25, 0.3) is 0 Å². The van der Waals surface area contributed by atoms with E-state index in [9.17, 15) is 4.79 Å². The first kappa shape index (κ1) is 17.0. The average Bonchev–Trinajstić information content (AvgIpc) is 2.57. The lowest BCUT2D eigenvalue weighted by atomic mass is 10.2. The van der Waals surface area contributed by atoms with E-state index in [0.29, 0.717) is 18.1 Å². The van der Waals surface area contributed by atoms with E-state index in [0.717, 1.165) is 11.3 Å². The second-order valence-electron chi connectivity index (χ2n) is 4.94. The van der Waals surface area contributed by atoms with Gasteiger partial charge in [-0.15, -0.1) is 0 Å². The van der Waals surface area contributed by atoms with Gasteiger partial charge in [-0.2, -0.15) is 5.26 Å². The lowest BCUT2D eigenvalue weighted by Crippen LogP contribution is -2.14. The summed E-state index contributed by atoms with van der Waals surface area (Å²) in [6.45, 7) is 4.40. The van der Waals surface area contributed by atoms with E-state index in [1.54, 1.807) is 30.5 Å². The molecule has 6 heteroatoms. The molecule has 1 aromatic heterocycles. The standard InChI is InChI=1S/C18H18N4O2/c1-3-24-16-6-4-15(5-7-16)22-18(23)14(11-19)12-21-17-10-13(2)8-9-20-17/h4-10,12H,3H2,1-2H3,(H,20,21)(H,22,23)/b14-12-. The van der Waals surface area contributed by atoms with Crippen LogP contribution in [-0.2, 0) is 4.79 Å². The van der Waals surface area contributed by atoms with Crippen molar-refractivity contribution in [2.24, 2.45) is 0 Å². The fourth-order valence-electron chi connectivity index (χ4n) is 1.91. The maximum atomic E-state index is 12.1. The van der Waals surface area contributed by atoms with Crippen molar-refractivity contribution in [3.05, 3.63) is 59.9 Å². The molecule has 0 aliphatic carbocycles. The van der Waals surface area contributed by atoms with Crippen molar-refractivity contribution in [3.63, 3.8) is 0 Å². The van der Waals surface area contributed by atoms with Crippen molar-refractivity contribution in [2.45, 2.75) is 13.8 Å². The molecule has 0 radical (unpaired) electrons. The van der Waals surface area contributed by atoms with Gasteiger partial charge in [0.25, 0.3) is 5.91 Å². The summed E-state index contributed by atoms with van der Waals surface area (Å²) in [5.41, 5.74) is 1.56. The van der Waals surface area contributed by atoms with Crippen LogP contribution in [0.4, 0.5) is 11.5 Å². The summed E-state index contributed by atoms with van der Waals surface area (Å²) in [5, 5.41) is 14.7. The molecular formula is C18H18N4O2. The number of nitrogens with one attached hydrogen (secondary N) is 2. The Hall–Kier alpha value is -3.33. The lowest BCUT2D eigenvalue weighted by Gasteiger charge is -2.07. The quantitative estimate of drug-likeness (QED) is 0.630. The number of rotatable bonds is 6. The van der Waals surface area contributed by atoms with Gasteiger partial charge in [0, 0.05) is 18.1 Å². The molecule has 0 unspecified atom stereocenters. The van der Waals surface area contributed by atoms with E-state index in [4.69, 9.17) is 10.00 Å². The van der Waals surface area contributed by atoms with Crippen molar-refractivity contribution in [1.82, 2.24) is 4.98 Å².